The highest BCUT2D eigenvalue weighted by Gasteiger charge is 2.28. The van der Waals surface area contributed by atoms with Crippen LogP contribution in [0.25, 0.3) is 0 Å². The molecular weight excluding hydrogens is 428 g/mol. The number of rotatable bonds is 6. The quantitative estimate of drug-likeness (QED) is 0.610. The zero-order chi connectivity index (χ0) is 22.6. The molecule has 1 N–H and O–H groups in total. The standard InChI is InChI=1S/C24H24N2O5S/c1-18-10-11-20(17-23(18)32(28,29)26-12-14-30-15-13-26)25-24(27)19-6-5-9-22(16-19)31-21-7-3-2-4-8-21/h2-11,16-17H,12-15H2,1H3,(H,25,27). The van der Waals surface area contributed by atoms with Gasteiger partial charge in [-0.05, 0) is 55.0 Å². The molecule has 0 saturated carbocycles. The molecule has 166 valence electrons. The number of benzene rings is 3. The Morgan fingerprint density at radius 3 is 2.41 bits per heavy atom. The van der Waals surface area contributed by atoms with Gasteiger partial charge in [-0.25, -0.2) is 8.42 Å². The minimum atomic E-state index is -3.67. The van der Waals surface area contributed by atoms with E-state index in [2.05, 4.69) is 5.32 Å². The maximum Gasteiger partial charge on any atom is 0.255 e. The van der Waals surface area contributed by atoms with Crippen LogP contribution in [0.5, 0.6) is 11.5 Å². The number of sulfonamides is 1. The SMILES string of the molecule is Cc1ccc(NC(=O)c2cccc(Oc3ccccc3)c2)cc1S(=O)(=O)N1CCOCC1. The van der Waals surface area contributed by atoms with E-state index < -0.39 is 10.0 Å². The van der Waals surface area contributed by atoms with Crippen LogP contribution in [0.15, 0.2) is 77.7 Å². The lowest BCUT2D eigenvalue weighted by atomic mass is 10.2. The Hall–Kier alpha value is -3.20. The van der Waals surface area contributed by atoms with Gasteiger partial charge in [-0.3, -0.25) is 4.79 Å². The van der Waals surface area contributed by atoms with Gasteiger partial charge >= 0.3 is 0 Å². The summed E-state index contributed by atoms with van der Waals surface area (Å²) in [7, 11) is -3.67. The van der Waals surface area contributed by atoms with Crippen LogP contribution >= 0.6 is 0 Å². The van der Waals surface area contributed by atoms with E-state index in [1.807, 2.05) is 30.3 Å². The lowest BCUT2D eigenvalue weighted by molar-refractivity contribution is 0.0730. The van der Waals surface area contributed by atoms with Crippen LogP contribution in [-0.4, -0.2) is 44.9 Å². The van der Waals surface area contributed by atoms with Gasteiger partial charge in [-0.1, -0.05) is 30.3 Å². The second kappa shape index (κ2) is 9.52. The summed E-state index contributed by atoms with van der Waals surface area (Å²) in [6.45, 7) is 3.11. The average molecular weight is 453 g/mol. The molecule has 1 fully saturated rings. The largest absolute Gasteiger partial charge is 0.457 e. The predicted molar refractivity (Wildman–Crippen MR) is 122 cm³/mol. The monoisotopic (exact) mass is 452 g/mol. The highest BCUT2D eigenvalue weighted by molar-refractivity contribution is 7.89. The summed E-state index contributed by atoms with van der Waals surface area (Å²) in [5.74, 6) is 0.840. The molecule has 0 atom stereocenters. The lowest BCUT2D eigenvalue weighted by Crippen LogP contribution is -2.40. The van der Waals surface area contributed by atoms with Gasteiger partial charge in [0.15, 0.2) is 0 Å². The van der Waals surface area contributed by atoms with Gasteiger partial charge in [0, 0.05) is 24.3 Å². The Bertz CT molecular complexity index is 1210. The molecule has 0 aliphatic carbocycles. The molecule has 3 aromatic carbocycles. The number of nitrogens with one attached hydrogen (secondary N) is 1. The van der Waals surface area contributed by atoms with Crippen molar-refractivity contribution in [3.63, 3.8) is 0 Å². The normalized spacial score (nSPS) is 14.7. The van der Waals surface area contributed by atoms with Crippen LogP contribution in [0.3, 0.4) is 0 Å². The minimum Gasteiger partial charge on any atom is -0.457 e. The summed E-state index contributed by atoms with van der Waals surface area (Å²) in [5, 5.41) is 2.79. The molecule has 3 aromatic rings. The maximum atomic E-state index is 13.1. The summed E-state index contributed by atoms with van der Waals surface area (Å²) in [6, 6.07) is 21.0. The number of para-hydroxylation sites is 1. The summed E-state index contributed by atoms with van der Waals surface area (Å²) < 4.78 is 38.6. The molecule has 0 spiro atoms. The van der Waals surface area contributed by atoms with Crippen molar-refractivity contribution >= 4 is 21.6 Å². The predicted octanol–water partition coefficient (Wildman–Crippen LogP) is 4.06. The van der Waals surface area contributed by atoms with Crippen molar-refractivity contribution in [1.29, 1.82) is 0 Å². The second-order valence-electron chi connectivity index (χ2n) is 7.39. The first-order valence-electron chi connectivity index (χ1n) is 10.3. The van der Waals surface area contributed by atoms with Crippen LogP contribution in [0.2, 0.25) is 0 Å². The Labute approximate surface area is 187 Å². The van der Waals surface area contributed by atoms with E-state index >= 15 is 0 Å². The first-order valence-corrected chi connectivity index (χ1v) is 11.7. The third kappa shape index (κ3) is 4.99. The lowest BCUT2D eigenvalue weighted by Gasteiger charge is -2.26. The molecule has 8 heteroatoms. The molecule has 1 heterocycles. The topological polar surface area (TPSA) is 84.9 Å². The molecule has 4 rings (SSSR count). The number of aryl methyl sites for hydroxylation is 1. The molecule has 1 saturated heterocycles. The number of amides is 1. The number of ether oxygens (including phenoxy) is 2. The van der Waals surface area contributed by atoms with Crippen LogP contribution in [-0.2, 0) is 14.8 Å². The van der Waals surface area contributed by atoms with E-state index in [9.17, 15) is 13.2 Å². The molecule has 7 nitrogen and oxygen atoms in total. The van der Waals surface area contributed by atoms with E-state index in [-0.39, 0.29) is 10.8 Å². The fourth-order valence-corrected chi connectivity index (χ4v) is 5.07. The molecule has 1 amide bonds. The third-order valence-corrected chi connectivity index (χ3v) is 7.15. The number of nitrogens with zero attached hydrogens (tertiary/aromatic N) is 1. The molecule has 0 unspecified atom stereocenters. The number of hydrogen-bond donors (Lipinski definition) is 1. The summed E-state index contributed by atoms with van der Waals surface area (Å²) in [6.07, 6.45) is 0. The highest BCUT2D eigenvalue weighted by atomic mass is 32.2. The van der Waals surface area contributed by atoms with E-state index in [1.54, 1.807) is 43.3 Å². The fourth-order valence-electron chi connectivity index (χ4n) is 3.41. The number of carbonyl (C=O) groups is 1. The highest BCUT2D eigenvalue weighted by Crippen LogP contribution is 2.26. The Morgan fingerprint density at radius 1 is 0.938 bits per heavy atom. The van der Waals surface area contributed by atoms with Crippen LogP contribution in [0.1, 0.15) is 15.9 Å². The number of anilines is 1. The third-order valence-electron chi connectivity index (χ3n) is 5.11. The minimum absolute atomic E-state index is 0.179. The number of morpholine rings is 1. The Balaban J connectivity index is 1.53. The van der Waals surface area contributed by atoms with E-state index in [4.69, 9.17) is 9.47 Å². The maximum absolute atomic E-state index is 13.1. The molecule has 0 bridgehead atoms. The first-order chi connectivity index (χ1) is 15.4. The van der Waals surface area contributed by atoms with Crippen molar-refractivity contribution in [3.8, 4) is 11.5 Å². The average Bonchev–Trinajstić information content (AvgIpc) is 2.81. The first kappa shape index (κ1) is 22.0. The fraction of sp³-hybridized carbons (Fsp3) is 0.208. The van der Waals surface area contributed by atoms with Crippen LogP contribution < -0.4 is 10.1 Å². The van der Waals surface area contributed by atoms with Crippen molar-refractivity contribution in [2.75, 3.05) is 31.6 Å². The Morgan fingerprint density at radius 2 is 1.66 bits per heavy atom. The van der Waals surface area contributed by atoms with Crippen molar-refractivity contribution in [1.82, 2.24) is 4.31 Å². The molecular formula is C24H24N2O5S. The molecule has 1 aliphatic heterocycles. The Kier molecular flexibility index (Phi) is 6.55. The van der Waals surface area contributed by atoms with Gasteiger partial charge in [0.2, 0.25) is 10.0 Å². The van der Waals surface area contributed by atoms with Crippen LogP contribution in [0.4, 0.5) is 5.69 Å². The number of hydrogen-bond acceptors (Lipinski definition) is 5. The summed E-state index contributed by atoms with van der Waals surface area (Å²) in [5.41, 5.74) is 1.42. The second-order valence-corrected chi connectivity index (χ2v) is 9.30. The molecule has 1 aliphatic rings. The molecule has 0 aromatic heterocycles. The van der Waals surface area contributed by atoms with Crippen LogP contribution in [0, 0.1) is 6.92 Å². The van der Waals surface area contributed by atoms with Crippen molar-refractivity contribution in [2.24, 2.45) is 0 Å². The van der Waals surface area contributed by atoms with Gasteiger partial charge < -0.3 is 14.8 Å². The van der Waals surface area contributed by atoms with Gasteiger partial charge in [0.25, 0.3) is 5.91 Å². The summed E-state index contributed by atoms with van der Waals surface area (Å²) >= 11 is 0. The number of carbonyl (C=O) groups excluding carboxylic acids is 1. The van der Waals surface area contributed by atoms with Crippen molar-refractivity contribution < 1.29 is 22.7 Å². The zero-order valence-corrected chi connectivity index (χ0v) is 18.5. The summed E-state index contributed by atoms with van der Waals surface area (Å²) in [4.78, 5) is 13.0. The molecule has 0 radical (unpaired) electrons. The van der Waals surface area contributed by atoms with Gasteiger partial charge in [0.05, 0.1) is 18.1 Å². The van der Waals surface area contributed by atoms with Gasteiger partial charge in [-0.15, -0.1) is 0 Å². The van der Waals surface area contributed by atoms with Gasteiger partial charge in [0.1, 0.15) is 11.5 Å². The van der Waals surface area contributed by atoms with Crippen molar-refractivity contribution in [2.45, 2.75) is 11.8 Å². The van der Waals surface area contributed by atoms with E-state index in [1.165, 1.54) is 10.4 Å². The van der Waals surface area contributed by atoms with E-state index in [0.717, 1.165) is 0 Å². The smallest absolute Gasteiger partial charge is 0.255 e. The van der Waals surface area contributed by atoms with Crippen molar-refractivity contribution in [3.05, 3.63) is 83.9 Å². The van der Waals surface area contributed by atoms with E-state index in [0.29, 0.717) is 54.6 Å². The van der Waals surface area contributed by atoms with Gasteiger partial charge in [-0.2, -0.15) is 4.31 Å². The zero-order valence-electron chi connectivity index (χ0n) is 17.7. The molecule has 32 heavy (non-hydrogen) atoms.